The highest BCUT2D eigenvalue weighted by Crippen LogP contribution is 2.38. The summed E-state index contributed by atoms with van der Waals surface area (Å²) >= 11 is 0. The van der Waals surface area contributed by atoms with E-state index in [0.717, 1.165) is 23.3 Å². The van der Waals surface area contributed by atoms with Crippen LogP contribution in [0.25, 0.3) is 6.08 Å². The number of rotatable bonds is 1. The molecule has 4 heteroatoms. The first kappa shape index (κ1) is 12.0. The molecule has 0 radical (unpaired) electrons. The zero-order valence-corrected chi connectivity index (χ0v) is 10.9. The number of hydrogen-bond acceptors (Lipinski definition) is 3. The van der Waals surface area contributed by atoms with E-state index in [-0.39, 0.29) is 23.8 Å². The number of amides is 2. The maximum Gasteiger partial charge on any atom is 0.254 e. The van der Waals surface area contributed by atoms with Crippen molar-refractivity contribution in [3.05, 3.63) is 34.9 Å². The number of benzene rings is 1. The fourth-order valence-electron chi connectivity index (χ4n) is 2.56. The molecule has 2 amide bonds. The number of carbonyl (C=O) groups is 2. The van der Waals surface area contributed by atoms with Crippen molar-refractivity contribution in [2.45, 2.75) is 32.3 Å². The predicted octanol–water partition coefficient (Wildman–Crippen LogP) is 1.83. The van der Waals surface area contributed by atoms with Crippen molar-refractivity contribution in [2.75, 3.05) is 0 Å². The number of ether oxygens (including phenoxy) is 1. The van der Waals surface area contributed by atoms with Crippen LogP contribution >= 0.6 is 0 Å². The van der Waals surface area contributed by atoms with E-state index in [4.69, 9.17) is 4.74 Å². The summed E-state index contributed by atoms with van der Waals surface area (Å²) < 4.78 is 5.94. The minimum atomic E-state index is -0.306. The summed E-state index contributed by atoms with van der Waals surface area (Å²) in [6.45, 7) is 4.07. The average molecular weight is 257 g/mol. The molecular formula is C15H15NO3. The van der Waals surface area contributed by atoms with Crippen LogP contribution in [0.3, 0.4) is 0 Å². The number of hydrogen-bond donors (Lipinski definition) is 1. The molecule has 0 aliphatic carbocycles. The molecule has 1 fully saturated rings. The Morgan fingerprint density at radius 1 is 1.32 bits per heavy atom. The third-order valence-electron chi connectivity index (χ3n) is 3.35. The number of fused-ring (bicyclic) bond motifs is 1. The Kier molecular flexibility index (Phi) is 2.49. The molecule has 19 heavy (non-hydrogen) atoms. The minimum absolute atomic E-state index is 0.145. The van der Waals surface area contributed by atoms with Crippen LogP contribution in [-0.2, 0) is 16.0 Å². The van der Waals surface area contributed by atoms with Crippen LogP contribution in [0.1, 0.15) is 31.4 Å². The van der Waals surface area contributed by atoms with Gasteiger partial charge in [0.1, 0.15) is 11.4 Å². The molecule has 0 spiro atoms. The number of para-hydroxylation sites is 1. The first-order valence-electron chi connectivity index (χ1n) is 6.30. The van der Waals surface area contributed by atoms with E-state index in [1.807, 2.05) is 32.0 Å². The molecule has 1 aromatic carbocycles. The Morgan fingerprint density at radius 3 is 2.79 bits per heavy atom. The number of carbonyl (C=O) groups excluding carboxylic acids is 2. The Balaban J connectivity index is 2.01. The maximum absolute atomic E-state index is 11.6. The van der Waals surface area contributed by atoms with Gasteiger partial charge in [0.05, 0.1) is 6.42 Å². The average Bonchev–Trinajstić information content (AvgIpc) is 2.78. The third-order valence-corrected chi connectivity index (χ3v) is 3.35. The van der Waals surface area contributed by atoms with Crippen LogP contribution in [0.2, 0.25) is 0 Å². The van der Waals surface area contributed by atoms with E-state index >= 15 is 0 Å². The summed E-state index contributed by atoms with van der Waals surface area (Å²) in [7, 11) is 0. The Hall–Kier alpha value is -2.10. The first-order valence-corrected chi connectivity index (χ1v) is 6.30. The number of imide groups is 1. The normalized spacial score (nSPS) is 22.3. The van der Waals surface area contributed by atoms with Crippen LogP contribution in [0.15, 0.2) is 23.8 Å². The molecule has 0 atom stereocenters. The second-order valence-electron chi connectivity index (χ2n) is 5.60. The van der Waals surface area contributed by atoms with Gasteiger partial charge in [0, 0.05) is 17.6 Å². The lowest BCUT2D eigenvalue weighted by atomic mass is 10.00. The van der Waals surface area contributed by atoms with Crippen molar-refractivity contribution in [1.82, 2.24) is 5.32 Å². The quantitative estimate of drug-likeness (QED) is 0.617. The molecule has 0 bridgehead atoms. The predicted molar refractivity (Wildman–Crippen MR) is 70.6 cm³/mol. The molecule has 1 N–H and O–H groups in total. The van der Waals surface area contributed by atoms with E-state index in [1.54, 1.807) is 6.08 Å². The van der Waals surface area contributed by atoms with Gasteiger partial charge in [0.15, 0.2) is 0 Å². The fourth-order valence-corrected chi connectivity index (χ4v) is 2.56. The van der Waals surface area contributed by atoms with Crippen LogP contribution < -0.4 is 10.1 Å². The second kappa shape index (κ2) is 3.95. The van der Waals surface area contributed by atoms with Crippen molar-refractivity contribution < 1.29 is 14.3 Å². The highest BCUT2D eigenvalue weighted by atomic mass is 16.5. The molecule has 0 saturated carbocycles. The van der Waals surface area contributed by atoms with Crippen LogP contribution in [0, 0.1) is 0 Å². The molecule has 0 aromatic heterocycles. The maximum atomic E-state index is 11.6. The van der Waals surface area contributed by atoms with Crippen LogP contribution in [0.5, 0.6) is 5.75 Å². The van der Waals surface area contributed by atoms with Gasteiger partial charge in [-0.1, -0.05) is 18.2 Å². The van der Waals surface area contributed by atoms with Gasteiger partial charge in [-0.15, -0.1) is 0 Å². The van der Waals surface area contributed by atoms with Gasteiger partial charge in [0.2, 0.25) is 5.91 Å². The lowest BCUT2D eigenvalue weighted by Gasteiger charge is -2.17. The lowest BCUT2D eigenvalue weighted by Crippen LogP contribution is -2.24. The molecule has 0 unspecified atom stereocenters. The van der Waals surface area contributed by atoms with E-state index in [1.165, 1.54) is 0 Å². The van der Waals surface area contributed by atoms with Crippen molar-refractivity contribution in [3.8, 4) is 5.75 Å². The van der Waals surface area contributed by atoms with Crippen molar-refractivity contribution >= 4 is 17.9 Å². The van der Waals surface area contributed by atoms with Crippen molar-refractivity contribution in [1.29, 1.82) is 0 Å². The van der Waals surface area contributed by atoms with Gasteiger partial charge in [-0.05, 0) is 25.5 Å². The zero-order valence-electron chi connectivity index (χ0n) is 10.9. The second-order valence-corrected chi connectivity index (χ2v) is 5.60. The standard InChI is InChI=1S/C15H15NO3/c1-15(2)8-10-5-3-4-9(13(10)19-15)6-11-7-12(17)16-14(11)18/h3-6H,7-8H2,1-2H3,(H,16,17,18). The highest BCUT2D eigenvalue weighted by Gasteiger charge is 2.32. The molecule has 1 aromatic rings. The van der Waals surface area contributed by atoms with Gasteiger partial charge in [0.25, 0.3) is 5.91 Å². The Labute approximate surface area is 111 Å². The first-order chi connectivity index (χ1) is 8.94. The minimum Gasteiger partial charge on any atom is -0.487 e. The molecule has 98 valence electrons. The van der Waals surface area contributed by atoms with Gasteiger partial charge in [-0.25, -0.2) is 0 Å². The molecule has 2 aliphatic heterocycles. The number of nitrogens with one attached hydrogen (secondary N) is 1. The Morgan fingerprint density at radius 2 is 2.11 bits per heavy atom. The van der Waals surface area contributed by atoms with E-state index in [9.17, 15) is 9.59 Å². The zero-order chi connectivity index (χ0) is 13.6. The van der Waals surface area contributed by atoms with Gasteiger partial charge >= 0.3 is 0 Å². The van der Waals surface area contributed by atoms with Crippen molar-refractivity contribution in [2.24, 2.45) is 0 Å². The van der Waals surface area contributed by atoms with Gasteiger partial charge < -0.3 is 4.74 Å². The van der Waals surface area contributed by atoms with Gasteiger partial charge in [-0.2, -0.15) is 0 Å². The van der Waals surface area contributed by atoms with Crippen molar-refractivity contribution in [3.63, 3.8) is 0 Å². The molecule has 3 rings (SSSR count). The van der Waals surface area contributed by atoms with E-state index in [0.29, 0.717) is 5.57 Å². The highest BCUT2D eigenvalue weighted by molar-refractivity contribution is 6.15. The molecule has 2 aliphatic rings. The summed E-state index contributed by atoms with van der Waals surface area (Å²) in [6.07, 6.45) is 2.75. The van der Waals surface area contributed by atoms with Gasteiger partial charge in [-0.3, -0.25) is 14.9 Å². The summed E-state index contributed by atoms with van der Waals surface area (Å²) in [6, 6.07) is 5.89. The summed E-state index contributed by atoms with van der Waals surface area (Å²) in [4.78, 5) is 22.8. The SMILES string of the molecule is CC1(C)Cc2cccc(C=C3CC(=O)NC3=O)c2O1. The smallest absolute Gasteiger partial charge is 0.254 e. The fraction of sp³-hybridized carbons (Fsp3) is 0.333. The summed E-state index contributed by atoms with van der Waals surface area (Å²) in [5.41, 5.74) is 2.28. The molecule has 1 saturated heterocycles. The Bertz CT molecular complexity index is 614. The molecule has 2 heterocycles. The summed E-state index contributed by atoms with van der Waals surface area (Å²) in [5, 5.41) is 2.28. The van der Waals surface area contributed by atoms with E-state index < -0.39 is 0 Å². The largest absolute Gasteiger partial charge is 0.487 e. The summed E-state index contributed by atoms with van der Waals surface area (Å²) in [5.74, 6) is 0.275. The topological polar surface area (TPSA) is 55.4 Å². The van der Waals surface area contributed by atoms with Crippen LogP contribution in [0.4, 0.5) is 0 Å². The third kappa shape index (κ3) is 2.14. The monoisotopic (exact) mass is 257 g/mol. The van der Waals surface area contributed by atoms with Crippen LogP contribution in [-0.4, -0.2) is 17.4 Å². The molecular weight excluding hydrogens is 242 g/mol. The lowest BCUT2D eigenvalue weighted by molar-refractivity contribution is -0.124. The molecule has 4 nitrogen and oxygen atoms in total. The van der Waals surface area contributed by atoms with E-state index in [2.05, 4.69) is 5.32 Å².